The van der Waals surface area contributed by atoms with Gasteiger partial charge in [-0.2, -0.15) is 4.98 Å². The average Bonchev–Trinajstić information content (AvgIpc) is 2.84. The van der Waals surface area contributed by atoms with E-state index in [4.69, 9.17) is 4.74 Å². The maximum absolute atomic E-state index is 11.2. The topological polar surface area (TPSA) is 86.7 Å². The predicted molar refractivity (Wildman–Crippen MR) is 73.7 cm³/mol. The minimum Gasteiger partial charge on any atom is -0.437 e. The van der Waals surface area contributed by atoms with Gasteiger partial charge in [-0.3, -0.25) is 19.3 Å². The van der Waals surface area contributed by atoms with Gasteiger partial charge in [0.25, 0.3) is 5.69 Å². The van der Waals surface area contributed by atoms with Crippen molar-refractivity contribution in [3.05, 3.63) is 64.5 Å². The van der Waals surface area contributed by atoms with Gasteiger partial charge in [0.1, 0.15) is 11.4 Å². The van der Waals surface area contributed by atoms with Crippen LogP contribution >= 0.6 is 0 Å². The van der Waals surface area contributed by atoms with Crippen molar-refractivity contribution in [1.29, 1.82) is 0 Å². The molecule has 0 aliphatic carbocycles. The Bertz CT molecular complexity index is 841. The Balaban J connectivity index is 2.03. The second-order valence-corrected chi connectivity index (χ2v) is 4.21. The number of ether oxygens (including phenoxy) is 1. The molecule has 0 unspecified atom stereocenters. The molecule has 7 nitrogen and oxygen atoms in total. The third-order valence-corrected chi connectivity index (χ3v) is 2.89. The van der Waals surface area contributed by atoms with Gasteiger partial charge < -0.3 is 4.74 Å². The first-order valence-corrected chi connectivity index (χ1v) is 6.03. The van der Waals surface area contributed by atoms with Crippen LogP contribution in [0.4, 0.5) is 5.69 Å². The SMILES string of the molecule is O=Cc1c(Oc2cccc([N+](=O)[O-])c2)nc2ccccn12. The zero-order chi connectivity index (χ0) is 14.8. The number of fused-ring (bicyclic) bond motifs is 1. The van der Waals surface area contributed by atoms with Gasteiger partial charge in [0.05, 0.1) is 11.0 Å². The number of hydrogen-bond donors (Lipinski definition) is 0. The second kappa shape index (κ2) is 5.04. The molecule has 0 spiro atoms. The fourth-order valence-electron chi connectivity index (χ4n) is 1.95. The molecule has 0 atom stereocenters. The van der Waals surface area contributed by atoms with Crippen molar-refractivity contribution in [1.82, 2.24) is 9.38 Å². The number of nitrogens with zero attached hydrogens (tertiary/aromatic N) is 3. The fourth-order valence-corrected chi connectivity index (χ4v) is 1.95. The number of imidazole rings is 1. The summed E-state index contributed by atoms with van der Waals surface area (Å²) < 4.78 is 7.09. The molecule has 3 rings (SSSR count). The van der Waals surface area contributed by atoms with Crippen LogP contribution in [-0.4, -0.2) is 20.6 Å². The summed E-state index contributed by atoms with van der Waals surface area (Å²) in [7, 11) is 0. The summed E-state index contributed by atoms with van der Waals surface area (Å²) in [5.74, 6) is 0.354. The zero-order valence-electron chi connectivity index (χ0n) is 10.7. The molecule has 0 aliphatic heterocycles. The van der Waals surface area contributed by atoms with Crippen molar-refractivity contribution < 1.29 is 14.5 Å². The van der Waals surface area contributed by atoms with Gasteiger partial charge >= 0.3 is 0 Å². The molecule has 0 saturated heterocycles. The molecule has 21 heavy (non-hydrogen) atoms. The zero-order valence-corrected chi connectivity index (χ0v) is 10.7. The standard InChI is InChI=1S/C14H9N3O4/c18-9-12-14(15-13-6-1-2-7-16(12)13)21-11-5-3-4-10(8-11)17(19)20/h1-9H. The van der Waals surface area contributed by atoms with Crippen LogP contribution in [0.5, 0.6) is 11.6 Å². The number of nitro benzene ring substituents is 1. The summed E-state index contributed by atoms with van der Waals surface area (Å²) in [6, 6.07) is 11.0. The Morgan fingerprint density at radius 2 is 2.10 bits per heavy atom. The van der Waals surface area contributed by atoms with Gasteiger partial charge in [0.2, 0.25) is 5.88 Å². The number of aldehydes is 1. The minimum absolute atomic E-state index is 0.0936. The average molecular weight is 283 g/mol. The Morgan fingerprint density at radius 3 is 2.86 bits per heavy atom. The van der Waals surface area contributed by atoms with E-state index in [0.717, 1.165) is 0 Å². The van der Waals surface area contributed by atoms with Gasteiger partial charge in [0, 0.05) is 12.3 Å². The van der Waals surface area contributed by atoms with Crippen LogP contribution in [0.25, 0.3) is 5.65 Å². The monoisotopic (exact) mass is 283 g/mol. The first-order chi connectivity index (χ1) is 10.2. The fraction of sp³-hybridized carbons (Fsp3) is 0. The summed E-state index contributed by atoms with van der Waals surface area (Å²) >= 11 is 0. The lowest BCUT2D eigenvalue weighted by atomic mass is 10.3. The lowest BCUT2D eigenvalue weighted by molar-refractivity contribution is -0.384. The maximum Gasteiger partial charge on any atom is 0.273 e. The molecule has 0 amide bonds. The van der Waals surface area contributed by atoms with Crippen LogP contribution in [0, 0.1) is 10.1 Å². The van der Waals surface area contributed by atoms with E-state index < -0.39 is 4.92 Å². The van der Waals surface area contributed by atoms with E-state index in [1.54, 1.807) is 34.9 Å². The summed E-state index contributed by atoms with van der Waals surface area (Å²) in [5.41, 5.74) is 0.709. The maximum atomic E-state index is 11.2. The lowest BCUT2D eigenvalue weighted by Gasteiger charge is -2.02. The molecule has 0 bridgehead atoms. The minimum atomic E-state index is -0.517. The molecule has 0 N–H and O–H groups in total. The number of carbonyl (C=O) groups is 1. The van der Waals surface area contributed by atoms with Crippen molar-refractivity contribution in [3.63, 3.8) is 0 Å². The van der Waals surface area contributed by atoms with Crippen molar-refractivity contribution >= 4 is 17.6 Å². The number of carbonyl (C=O) groups excluding carboxylic acids is 1. The van der Waals surface area contributed by atoms with Crippen LogP contribution in [0.1, 0.15) is 10.5 Å². The molecule has 2 heterocycles. The smallest absolute Gasteiger partial charge is 0.273 e. The summed E-state index contributed by atoms with van der Waals surface area (Å²) in [4.78, 5) is 25.6. The highest BCUT2D eigenvalue weighted by atomic mass is 16.6. The van der Waals surface area contributed by atoms with Crippen molar-refractivity contribution in [3.8, 4) is 11.6 Å². The van der Waals surface area contributed by atoms with Crippen molar-refractivity contribution in [2.75, 3.05) is 0 Å². The van der Waals surface area contributed by atoms with Crippen LogP contribution < -0.4 is 4.74 Å². The highest BCUT2D eigenvalue weighted by Crippen LogP contribution is 2.27. The first kappa shape index (κ1) is 12.8. The van der Waals surface area contributed by atoms with E-state index in [1.165, 1.54) is 18.2 Å². The highest BCUT2D eigenvalue weighted by Gasteiger charge is 2.14. The van der Waals surface area contributed by atoms with Crippen LogP contribution in [0.2, 0.25) is 0 Å². The van der Waals surface area contributed by atoms with Crippen molar-refractivity contribution in [2.45, 2.75) is 0 Å². The van der Waals surface area contributed by atoms with E-state index in [2.05, 4.69) is 4.98 Å². The van der Waals surface area contributed by atoms with Gasteiger partial charge in [-0.05, 0) is 18.2 Å². The molecular formula is C14H9N3O4. The highest BCUT2D eigenvalue weighted by molar-refractivity contribution is 5.78. The number of non-ortho nitro benzene ring substituents is 1. The molecule has 7 heteroatoms. The van der Waals surface area contributed by atoms with Gasteiger partial charge in [0.15, 0.2) is 12.0 Å². The summed E-state index contributed by atoms with van der Waals surface area (Å²) in [6.45, 7) is 0. The van der Waals surface area contributed by atoms with Crippen LogP contribution in [0.3, 0.4) is 0 Å². The van der Waals surface area contributed by atoms with Crippen molar-refractivity contribution in [2.24, 2.45) is 0 Å². The number of aromatic nitrogens is 2. The van der Waals surface area contributed by atoms with E-state index in [9.17, 15) is 14.9 Å². The number of nitro groups is 1. The largest absolute Gasteiger partial charge is 0.437 e. The molecular weight excluding hydrogens is 274 g/mol. The first-order valence-electron chi connectivity index (χ1n) is 6.03. The molecule has 1 aromatic carbocycles. The van der Waals surface area contributed by atoms with E-state index in [0.29, 0.717) is 11.9 Å². The quantitative estimate of drug-likeness (QED) is 0.417. The third kappa shape index (κ3) is 2.32. The Labute approximate surface area is 118 Å². The second-order valence-electron chi connectivity index (χ2n) is 4.21. The number of benzene rings is 1. The molecule has 3 aromatic rings. The van der Waals surface area contributed by atoms with E-state index >= 15 is 0 Å². The Morgan fingerprint density at radius 1 is 1.24 bits per heavy atom. The molecule has 0 fully saturated rings. The van der Waals surface area contributed by atoms with Gasteiger partial charge in [-0.1, -0.05) is 12.1 Å². The molecule has 0 saturated carbocycles. The van der Waals surface area contributed by atoms with Crippen LogP contribution in [0.15, 0.2) is 48.7 Å². The summed E-state index contributed by atoms with van der Waals surface area (Å²) in [6.07, 6.45) is 2.32. The van der Waals surface area contributed by atoms with Crippen LogP contribution in [-0.2, 0) is 0 Å². The van der Waals surface area contributed by atoms with Gasteiger partial charge in [-0.25, -0.2) is 0 Å². The third-order valence-electron chi connectivity index (χ3n) is 2.89. The van der Waals surface area contributed by atoms with E-state index in [-0.39, 0.29) is 23.0 Å². The Kier molecular flexibility index (Phi) is 3.07. The molecule has 2 aromatic heterocycles. The van der Waals surface area contributed by atoms with Gasteiger partial charge in [-0.15, -0.1) is 0 Å². The number of rotatable bonds is 4. The normalized spacial score (nSPS) is 10.5. The molecule has 104 valence electrons. The number of hydrogen-bond acceptors (Lipinski definition) is 5. The van der Waals surface area contributed by atoms with E-state index in [1.807, 2.05) is 0 Å². The lowest BCUT2D eigenvalue weighted by Crippen LogP contribution is -1.93. The predicted octanol–water partition coefficient (Wildman–Crippen LogP) is 2.85. The Hall–Kier alpha value is -3.22. The molecule has 0 radical (unpaired) electrons. The summed E-state index contributed by atoms with van der Waals surface area (Å²) in [5, 5.41) is 10.7. The molecule has 0 aliphatic rings. The number of pyridine rings is 1.